The van der Waals surface area contributed by atoms with Gasteiger partial charge in [0.05, 0.1) is 37.4 Å². The van der Waals surface area contributed by atoms with Crippen molar-refractivity contribution in [1.29, 1.82) is 0 Å². The normalized spacial score (nSPS) is 25.7. The van der Waals surface area contributed by atoms with Gasteiger partial charge in [-0.1, -0.05) is 18.2 Å². The van der Waals surface area contributed by atoms with Crippen LogP contribution in [0.1, 0.15) is 16.8 Å². The van der Waals surface area contributed by atoms with Crippen LogP contribution in [0.25, 0.3) is 0 Å². The predicted molar refractivity (Wildman–Crippen MR) is 114 cm³/mol. The Morgan fingerprint density at radius 1 is 0.968 bits per heavy atom. The van der Waals surface area contributed by atoms with E-state index in [-0.39, 0.29) is 41.4 Å². The fourth-order valence-electron chi connectivity index (χ4n) is 5.05. The molecule has 2 fully saturated rings. The van der Waals surface area contributed by atoms with Gasteiger partial charge in [-0.05, 0) is 48.6 Å². The molecule has 1 aliphatic heterocycles. The maximum atomic E-state index is 13.1. The Balaban J connectivity index is 1.41. The minimum Gasteiger partial charge on any atom is -0.497 e. The van der Waals surface area contributed by atoms with Crippen LogP contribution in [0.3, 0.4) is 0 Å². The molecule has 2 aromatic rings. The quantitative estimate of drug-likeness (QED) is 0.595. The summed E-state index contributed by atoms with van der Waals surface area (Å²) in [5.74, 6) is 0.0834. The average Bonchev–Trinajstić information content (AvgIpc) is 3.47. The molecule has 0 aromatic heterocycles. The zero-order chi connectivity index (χ0) is 21.7. The molecule has 0 unspecified atom stereocenters. The van der Waals surface area contributed by atoms with Gasteiger partial charge in [-0.3, -0.25) is 14.4 Å². The summed E-state index contributed by atoms with van der Waals surface area (Å²) in [6, 6.07) is 11.7. The molecule has 7 heteroatoms. The van der Waals surface area contributed by atoms with E-state index in [4.69, 9.17) is 9.47 Å². The Kier molecular flexibility index (Phi) is 4.54. The van der Waals surface area contributed by atoms with E-state index in [0.29, 0.717) is 28.4 Å². The third kappa shape index (κ3) is 3.00. The molecule has 0 radical (unpaired) electrons. The average molecular weight is 418 g/mol. The van der Waals surface area contributed by atoms with E-state index < -0.39 is 0 Å². The second-order valence-electron chi connectivity index (χ2n) is 8.08. The molecule has 2 aromatic carbocycles. The Labute approximate surface area is 179 Å². The number of hydrogen-bond donors (Lipinski definition) is 1. The number of benzene rings is 2. The number of carbonyl (C=O) groups excluding carboxylic acids is 3. The monoisotopic (exact) mass is 418 g/mol. The van der Waals surface area contributed by atoms with E-state index >= 15 is 0 Å². The fourth-order valence-corrected chi connectivity index (χ4v) is 5.05. The number of allylic oxidation sites excluding steroid dienone is 2. The summed E-state index contributed by atoms with van der Waals surface area (Å²) in [6.45, 7) is 0. The third-order valence-corrected chi connectivity index (χ3v) is 6.49. The maximum absolute atomic E-state index is 13.1. The van der Waals surface area contributed by atoms with Crippen LogP contribution in [0.2, 0.25) is 0 Å². The third-order valence-electron chi connectivity index (χ3n) is 6.49. The van der Waals surface area contributed by atoms with Crippen molar-refractivity contribution in [2.75, 3.05) is 24.4 Å². The number of nitrogens with one attached hydrogen (secondary N) is 1. The van der Waals surface area contributed by atoms with Crippen molar-refractivity contribution in [3.63, 3.8) is 0 Å². The highest BCUT2D eigenvalue weighted by molar-refractivity contribution is 6.23. The first-order valence-electron chi connectivity index (χ1n) is 10.2. The summed E-state index contributed by atoms with van der Waals surface area (Å²) in [5, 5.41) is 2.81. The summed E-state index contributed by atoms with van der Waals surface area (Å²) in [5.41, 5.74) is 1.22. The lowest BCUT2D eigenvalue weighted by Crippen LogP contribution is -2.33. The topological polar surface area (TPSA) is 84.9 Å². The molecule has 3 aliphatic rings. The van der Waals surface area contributed by atoms with Crippen molar-refractivity contribution < 1.29 is 23.9 Å². The van der Waals surface area contributed by atoms with Crippen LogP contribution in [-0.2, 0) is 9.59 Å². The molecule has 7 nitrogen and oxygen atoms in total. The molecular weight excluding hydrogens is 396 g/mol. The van der Waals surface area contributed by atoms with Gasteiger partial charge in [0.1, 0.15) is 11.5 Å². The first kappa shape index (κ1) is 19.4. The number of imide groups is 1. The van der Waals surface area contributed by atoms with Crippen LogP contribution in [0.5, 0.6) is 11.5 Å². The zero-order valence-corrected chi connectivity index (χ0v) is 17.2. The number of amides is 3. The highest BCUT2D eigenvalue weighted by atomic mass is 16.5. The Morgan fingerprint density at radius 3 is 2.32 bits per heavy atom. The molecule has 4 atom stereocenters. The van der Waals surface area contributed by atoms with E-state index in [1.165, 1.54) is 19.1 Å². The number of anilines is 2. The van der Waals surface area contributed by atoms with E-state index in [9.17, 15) is 14.4 Å². The number of hydrogen-bond acceptors (Lipinski definition) is 5. The Morgan fingerprint density at radius 2 is 1.68 bits per heavy atom. The van der Waals surface area contributed by atoms with Crippen LogP contribution in [0.4, 0.5) is 11.4 Å². The van der Waals surface area contributed by atoms with E-state index in [2.05, 4.69) is 17.5 Å². The lowest BCUT2D eigenvalue weighted by atomic mass is 9.85. The molecule has 158 valence electrons. The number of methoxy groups -OCH3 is 2. The lowest BCUT2D eigenvalue weighted by Gasteiger charge is -2.18. The largest absolute Gasteiger partial charge is 0.497 e. The van der Waals surface area contributed by atoms with Gasteiger partial charge in [0.25, 0.3) is 5.91 Å². The molecule has 1 heterocycles. The summed E-state index contributed by atoms with van der Waals surface area (Å²) in [7, 11) is 3.06. The number of rotatable bonds is 5. The van der Waals surface area contributed by atoms with Gasteiger partial charge in [0.2, 0.25) is 11.8 Å². The van der Waals surface area contributed by atoms with Crippen molar-refractivity contribution >= 4 is 29.1 Å². The lowest BCUT2D eigenvalue weighted by molar-refractivity contribution is -0.123. The van der Waals surface area contributed by atoms with Crippen molar-refractivity contribution in [1.82, 2.24) is 0 Å². The number of fused-ring (bicyclic) bond motifs is 5. The maximum Gasteiger partial charge on any atom is 0.255 e. The van der Waals surface area contributed by atoms with Gasteiger partial charge in [-0.25, -0.2) is 4.90 Å². The van der Waals surface area contributed by atoms with E-state index in [0.717, 1.165) is 6.42 Å². The second kappa shape index (κ2) is 7.27. The molecule has 1 N–H and O–H groups in total. The first-order chi connectivity index (χ1) is 15.0. The molecule has 1 saturated heterocycles. The van der Waals surface area contributed by atoms with Gasteiger partial charge < -0.3 is 14.8 Å². The Hall–Kier alpha value is -3.61. The predicted octanol–water partition coefficient (Wildman–Crippen LogP) is 3.27. The van der Waals surface area contributed by atoms with Gasteiger partial charge >= 0.3 is 0 Å². The van der Waals surface area contributed by atoms with Crippen LogP contribution in [0.15, 0.2) is 54.6 Å². The summed E-state index contributed by atoms with van der Waals surface area (Å²) >= 11 is 0. The highest BCUT2D eigenvalue weighted by Gasteiger charge is 2.59. The molecule has 5 rings (SSSR count). The zero-order valence-electron chi connectivity index (χ0n) is 17.2. The number of nitrogens with zero attached hydrogens (tertiary/aromatic N) is 1. The fraction of sp³-hybridized carbons (Fsp3) is 0.292. The van der Waals surface area contributed by atoms with E-state index in [1.807, 2.05) is 0 Å². The Bertz CT molecular complexity index is 1090. The first-order valence-corrected chi connectivity index (χ1v) is 10.2. The number of ether oxygens (including phenoxy) is 2. The van der Waals surface area contributed by atoms with Crippen LogP contribution in [0, 0.1) is 23.7 Å². The van der Waals surface area contributed by atoms with Crippen molar-refractivity contribution in [2.45, 2.75) is 6.42 Å². The van der Waals surface area contributed by atoms with E-state index in [1.54, 1.807) is 42.5 Å². The molecular formula is C24H22N2O5. The minimum absolute atomic E-state index is 0.142. The SMILES string of the molecule is COc1ccc(OC)c(NC(=O)c2cccc(N3C(=O)[C@@H]4[C@@H](C3=O)[C@H]3C=C[C@@H]4C3)c2)c1. The van der Waals surface area contributed by atoms with Crippen LogP contribution < -0.4 is 19.7 Å². The summed E-state index contributed by atoms with van der Waals surface area (Å²) in [6.07, 6.45) is 5.00. The van der Waals surface area contributed by atoms with Gasteiger partial charge in [0.15, 0.2) is 0 Å². The molecule has 31 heavy (non-hydrogen) atoms. The van der Waals surface area contributed by atoms with Gasteiger partial charge in [0, 0.05) is 11.6 Å². The molecule has 1 saturated carbocycles. The molecule has 3 amide bonds. The van der Waals surface area contributed by atoms with Gasteiger partial charge in [-0.2, -0.15) is 0 Å². The molecule has 0 spiro atoms. The van der Waals surface area contributed by atoms with Gasteiger partial charge in [-0.15, -0.1) is 0 Å². The van der Waals surface area contributed by atoms with Crippen molar-refractivity contribution in [3.8, 4) is 11.5 Å². The smallest absolute Gasteiger partial charge is 0.255 e. The summed E-state index contributed by atoms with van der Waals surface area (Å²) in [4.78, 5) is 40.3. The molecule has 2 bridgehead atoms. The van der Waals surface area contributed by atoms with Crippen molar-refractivity contribution in [2.24, 2.45) is 23.7 Å². The number of carbonyl (C=O) groups is 3. The summed E-state index contributed by atoms with van der Waals surface area (Å²) < 4.78 is 10.5. The van der Waals surface area contributed by atoms with Crippen LogP contribution in [-0.4, -0.2) is 31.9 Å². The molecule has 2 aliphatic carbocycles. The minimum atomic E-state index is -0.380. The second-order valence-corrected chi connectivity index (χ2v) is 8.08. The van der Waals surface area contributed by atoms with Crippen molar-refractivity contribution in [3.05, 3.63) is 60.2 Å². The standard InChI is InChI=1S/C24H22N2O5/c1-30-17-8-9-19(31-2)18(12-17)25-22(27)15-4-3-5-16(11-15)26-23(28)20-13-6-7-14(10-13)21(20)24(26)29/h3-9,11-14,20-21H,10H2,1-2H3,(H,25,27)/t13-,14+,20-,21-/m0/s1. The van der Waals surface area contributed by atoms with Crippen LogP contribution >= 0.6 is 0 Å². The highest BCUT2D eigenvalue weighted by Crippen LogP contribution is 2.53.